The predicted molar refractivity (Wildman–Crippen MR) is 88.1 cm³/mol. The molecule has 2 aromatic carbocycles. The third kappa shape index (κ3) is 2.10. The monoisotopic (exact) mass is 340 g/mol. The smallest absolute Gasteiger partial charge is 0.127 e. The zero-order valence-electron chi connectivity index (χ0n) is 11.5. The van der Waals surface area contributed by atoms with Gasteiger partial charge in [-0.3, -0.25) is 0 Å². The first-order valence-corrected chi connectivity index (χ1v) is 7.87. The van der Waals surface area contributed by atoms with Crippen molar-refractivity contribution in [1.29, 1.82) is 0 Å². The maximum Gasteiger partial charge on any atom is 0.127 e. The molecule has 0 aliphatic heterocycles. The summed E-state index contributed by atoms with van der Waals surface area (Å²) in [6.07, 6.45) is 0.500. The zero-order valence-corrected chi connectivity index (χ0v) is 13.8. The largest absolute Gasteiger partial charge is 0.380 e. The van der Waals surface area contributed by atoms with Gasteiger partial charge in [-0.15, -0.1) is 23.2 Å². The molecule has 1 fully saturated rings. The van der Waals surface area contributed by atoms with Crippen LogP contribution in [-0.2, 0) is 5.60 Å². The summed E-state index contributed by atoms with van der Waals surface area (Å²) >= 11 is 19.0. The van der Waals surface area contributed by atoms with E-state index < -0.39 is 15.3 Å². The van der Waals surface area contributed by atoms with Crippen molar-refractivity contribution in [3.05, 3.63) is 70.7 Å². The second-order valence-corrected chi connectivity index (χ2v) is 7.66. The van der Waals surface area contributed by atoms with E-state index in [0.717, 1.165) is 5.56 Å². The second-order valence-electron chi connectivity index (χ2n) is 5.77. The quantitative estimate of drug-likeness (QED) is 0.765. The van der Waals surface area contributed by atoms with Crippen LogP contribution in [0.5, 0.6) is 0 Å². The van der Waals surface area contributed by atoms with Gasteiger partial charge in [-0.1, -0.05) is 67.1 Å². The van der Waals surface area contributed by atoms with Gasteiger partial charge in [0.25, 0.3) is 0 Å². The van der Waals surface area contributed by atoms with Gasteiger partial charge < -0.3 is 5.11 Å². The normalized spacial score (nSPS) is 26.1. The fraction of sp³-hybridized carbons (Fsp3) is 0.294. The molecule has 0 heterocycles. The van der Waals surface area contributed by atoms with Crippen LogP contribution in [0.1, 0.15) is 24.5 Å². The van der Waals surface area contributed by atoms with E-state index in [-0.39, 0.29) is 0 Å². The molecule has 3 rings (SSSR count). The van der Waals surface area contributed by atoms with E-state index in [0.29, 0.717) is 17.0 Å². The van der Waals surface area contributed by atoms with Crippen molar-refractivity contribution in [3.8, 4) is 0 Å². The van der Waals surface area contributed by atoms with Crippen LogP contribution in [0.3, 0.4) is 0 Å². The predicted octanol–water partition coefficient (Wildman–Crippen LogP) is 5.16. The van der Waals surface area contributed by atoms with E-state index in [1.807, 2.05) is 55.5 Å². The molecule has 21 heavy (non-hydrogen) atoms. The van der Waals surface area contributed by atoms with E-state index >= 15 is 0 Å². The van der Waals surface area contributed by atoms with Gasteiger partial charge in [-0.25, -0.2) is 0 Å². The Kier molecular flexibility index (Phi) is 3.53. The topological polar surface area (TPSA) is 20.2 Å². The summed E-state index contributed by atoms with van der Waals surface area (Å²) in [7, 11) is 0. The van der Waals surface area contributed by atoms with Crippen LogP contribution >= 0.6 is 34.8 Å². The van der Waals surface area contributed by atoms with Gasteiger partial charge in [0.2, 0.25) is 0 Å². The lowest BCUT2D eigenvalue weighted by Crippen LogP contribution is -2.39. The van der Waals surface area contributed by atoms with Gasteiger partial charge in [0.1, 0.15) is 9.93 Å². The molecule has 1 saturated carbocycles. The summed E-state index contributed by atoms with van der Waals surface area (Å²) < 4.78 is -0.975. The van der Waals surface area contributed by atoms with Crippen molar-refractivity contribution in [2.75, 3.05) is 0 Å². The van der Waals surface area contributed by atoms with Crippen molar-refractivity contribution < 1.29 is 5.11 Å². The fourth-order valence-electron chi connectivity index (χ4n) is 3.00. The molecule has 1 N–H and O–H groups in total. The number of rotatable bonds is 3. The molecule has 1 aliphatic carbocycles. The Bertz CT molecular complexity index is 671. The molecule has 0 bridgehead atoms. The highest BCUT2D eigenvalue weighted by Gasteiger charge is 2.73. The molecule has 0 aromatic heterocycles. The fourth-order valence-corrected chi connectivity index (χ4v) is 4.08. The Morgan fingerprint density at radius 1 is 1.00 bits per heavy atom. The van der Waals surface area contributed by atoms with Crippen molar-refractivity contribution in [2.24, 2.45) is 5.41 Å². The third-order valence-electron chi connectivity index (χ3n) is 4.51. The van der Waals surface area contributed by atoms with Crippen LogP contribution in [0.2, 0.25) is 5.02 Å². The second kappa shape index (κ2) is 4.89. The van der Waals surface area contributed by atoms with Gasteiger partial charge in [-0.05, 0) is 18.1 Å². The van der Waals surface area contributed by atoms with Crippen molar-refractivity contribution >= 4 is 34.8 Å². The minimum Gasteiger partial charge on any atom is -0.380 e. The first-order chi connectivity index (χ1) is 9.83. The van der Waals surface area contributed by atoms with Gasteiger partial charge >= 0.3 is 0 Å². The highest BCUT2D eigenvalue weighted by atomic mass is 35.5. The van der Waals surface area contributed by atoms with Crippen LogP contribution in [0.25, 0.3) is 0 Å². The molecule has 0 unspecified atom stereocenters. The zero-order chi connectivity index (χ0) is 15.3. The molecular weight excluding hydrogens is 327 g/mol. The molecule has 0 amide bonds. The lowest BCUT2D eigenvalue weighted by molar-refractivity contribution is 0.00848. The van der Waals surface area contributed by atoms with E-state index in [9.17, 15) is 5.11 Å². The Morgan fingerprint density at radius 2 is 1.52 bits per heavy atom. The molecule has 110 valence electrons. The van der Waals surface area contributed by atoms with Gasteiger partial charge in [0.15, 0.2) is 0 Å². The van der Waals surface area contributed by atoms with Crippen molar-refractivity contribution in [3.63, 3.8) is 0 Å². The summed E-state index contributed by atoms with van der Waals surface area (Å²) in [5.74, 6) is 0. The standard InChI is InChI=1S/C17H15Cl3O/c1-15(11-16(15,19)20)17(21,12-7-3-2-4-8-12)13-9-5-6-10-14(13)18/h2-10,21H,11H2,1H3/t15-,17-/m1/s1. The van der Waals surface area contributed by atoms with E-state index in [2.05, 4.69) is 0 Å². The van der Waals surface area contributed by atoms with Crippen LogP contribution < -0.4 is 0 Å². The summed E-state index contributed by atoms with van der Waals surface area (Å²) in [5, 5.41) is 12.1. The molecule has 0 spiro atoms. The van der Waals surface area contributed by atoms with Crippen LogP contribution in [0.15, 0.2) is 54.6 Å². The summed E-state index contributed by atoms with van der Waals surface area (Å²) in [5.41, 5.74) is -0.668. The Balaban J connectivity index is 2.25. The SMILES string of the molecule is C[C@@]1([C@@](O)(c2ccccc2)c2ccccc2Cl)CC1(Cl)Cl. The molecular formula is C17H15Cl3O. The maximum atomic E-state index is 11.6. The first-order valence-electron chi connectivity index (χ1n) is 6.74. The van der Waals surface area contributed by atoms with Crippen LogP contribution in [0, 0.1) is 5.41 Å². The number of aliphatic hydroxyl groups is 1. The third-order valence-corrected chi connectivity index (χ3v) is 5.94. The van der Waals surface area contributed by atoms with Crippen LogP contribution in [-0.4, -0.2) is 9.44 Å². The molecule has 4 heteroatoms. The number of alkyl halides is 2. The van der Waals surface area contributed by atoms with Crippen LogP contribution in [0.4, 0.5) is 0 Å². The molecule has 0 radical (unpaired) electrons. The first kappa shape index (κ1) is 15.2. The van der Waals surface area contributed by atoms with Gasteiger partial charge in [0, 0.05) is 16.0 Å². The number of halogens is 3. The summed E-state index contributed by atoms with van der Waals surface area (Å²) in [6.45, 7) is 1.89. The summed E-state index contributed by atoms with van der Waals surface area (Å²) in [4.78, 5) is 0. The number of hydrogen-bond donors (Lipinski definition) is 1. The van der Waals surface area contributed by atoms with Crippen molar-refractivity contribution in [2.45, 2.75) is 23.3 Å². The molecule has 1 nitrogen and oxygen atoms in total. The average Bonchev–Trinajstić information content (AvgIpc) is 3.00. The lowest BCUT2D eigenvalue weighted by atomic mass is 9.74. The minimum atomic E-state index is -1.34. The Hall–Kier alpha value is -0.730. The maximum absolute atomic E-state index is 11.6. The molecule has 1 aliphatic rings. The van der Waals surface area contributed by atoms with E-state index in [1.54, 1.807) is 6.07 Å². The highest BCUT2D eigenvalue weighted by molar-refractivity contribution is 6.51. The average molecular weight is 342 g/mol. The summed E-state index contributed by atoms with van der Waals surface area (Å²) in [6, 6.07) is 16.7. The molecule has 2 atom stereocenters. The molecule has 2 aromatic rings. The minimum absolute atomic E-state index is 0.500. The Labute approximate surface area is 139 Å². The van der Waals surface area contributed by atoms with Crippen molar-refractivity contribution in [1.82, 2.24) is 0 Å². The van der Waals surface area contributed by atoms with E-state index in [4.69, 9.17) is 34.8 Å². The number of hydrogen-bond acceptors (Lipinski definition) is 1. The van der Waals surface area contributed by atoms with E-state index in [1.165, 1.54) is 0 Å². The Morgan fingerprint density at radius 3 is 2.05 bits per heavy atom. The highest BCUT2D eigenvalue weighted by Crippen LogP contribution is 2.72. The van der Waals surface area contributed by atoms with Gasteiger partial charge in [-0.2, -0.15) is 0 Å². The number of benzene rings is 2. The van der Waals surface area contributed by atoms with Gasteiger partial charge in [0.05, 0.1) is 0 Å². The lowest BCUT2D eigenvalue weighted by Gasteiger charge is -2.37. The molecule has 0 saturated heterocycles.